The Kier molecular flexibility index (Phi) is 4.74. The van der Waals surface area contributed by atoms with Crippen molar-refractivity contribution in [1.29, 1.82) is 0 Å². The fraction of sp³-hybridized carbons (Fsp3) is 0.750. The predicted octanol–water partition coefficient (Wildman–Crippen LogP) is 1.60. The lowest BCUT2D eigenvalue weighted by atomic mass is 9.96. The third-order valence-corrected chi connectivity index (χ3v) is 4.58. The van der Waals surface area contributed by atoms with E-state index in [0.717, 1.165) is 5.69 Å². The Bertz CT molecular complexity index is 372. The summed E-state index contributed by atoms with van der Waals surface area (Å²) in [6.45, 7) is 0.482. The van der Waals surface area contributed by atoms with Crippen LogP contribution in [0.15, 0.2) is 12.3 Å². The zero-order chi connectivity index (χ0) is 12.1. The topological polar surface area (TPSA) is 60.9 Å². The molecule has 0 spiro atoms. The van der Waals surface area contributed by atoms with Crippen LogP contribution in [0.1, 0.15) is 43.8 Å². The predicted molar refractivity (Wildman–Crippen MR) is 70.1 cm³/mol. The van der Waals surface area contributed by atoms with Gasteiger partial charge in [-0.15, -0.1) is 0 Å². The quantitative estimate of drug-likeness (QED) is 0.869. The highest BCUT2D eigenvalue weighted by Crippen LogP contribution is 2.27. The molecule has 1 heterocycles. The maximum Gasteiger partial charge on any atom is 0.0749 e. The summed E-state index contributed by atoms with van der Waals surface area (Å²) in [5, 5.41) is 4.54. The van der Waals surface area contributed by atoms with Gasteiger partial charge < -0.3 is 5.73 Å². The highest BCUT2D eigenvalue weighted by molar-refractivity contribution is 7.84. The smallest absolute Gasteiger partial charge is 0.0749 e. The SMILES string of the molecule is NCCS(=O)Cc1ccn(C2CCCCC2)n1. The van der Waals surface area contributed by atoms with Crippen LogP contribution < -0.4 is 5.73 Å². The van der Waals surface area contributed by atoms with Gasteiger partial charge >= 0.3 is 0 Å². The monoisotopic (exact) mass is 255 g/mol. The molecule has 17 heavy (non-hydrogen) atoms. The molecule has 2 N–H and O–H groups in total. The standard InChI is InChI=1S/C12H21N3OS/c13-7-9-17(16)10-11-6-8-15(14-11)12-4-2-1-3-5-12/h6,8,12H,1-5,7,9-10,13H2. The van der Waals surface area contributed by atoms with Gasteiger partial charge in [-0.25, -0.2) is 0 Å². The summed E-state index contributed by atoms with van der Waals surface area (Å²) >= 11 is 0. The normalized spacial score (nSPS) is 19.4. The molecule has 96 valence electrons. The van der Waals surface area contributed by atoms with E-state index in [4.69, 9.17) is 5.73 Å². The van der Waals surface area contributed by atoms with Crippen molar-refractivity contribution >= 4 is 10.8 Å². The van der Waals surface area contributed by atoms with E-state index >= 15 is 0 Å². The number of hydrogen-bond acceptors (Lipinski definition) is 3. The summed E-state index contributed by atoms with van der Waals surface area (Å²) in [6.07, 6.45) is 8.45. The Labute approximate surface area is 105 Å². The van der Waals surface area contributed by atoms with Crippen molar-refractivity contribution in [1.82, 2.24) is 9.78 Å². The third-order valence-electron chi connectivity index (χ3n) is 3.27. The molecule has 0 bridgehead atoms. The first-order chi connectivity index (χ1) is 8.29. The van der Waals surface area contributed by atoms with Crippen LogP contribution in [-0.4, -0.2) is 26.3 Å². The molecule has 1 aliphatic carbocycles. The lowest BCUT2D eigenvalue weighted by molar-refractivity contribution is 0.328. The molecule has 1 unspecified atom stereocenters. The summed E-state index contributed by atoms with van der Waals surface area (Å²) < 4.78 is 13.6. The summed E-state index contributed by atoms with van der Waals surface area (Å²) in [6, 6.07) is 2.55. The van der Waals surface area contributed by atoms with Gasteiger partial charge in [0.1, 0.15) is 0 Å². The lowest BCUT2D eigenvalue weighted by Crippen LogP contribution is -2.14. The van der Waals surface area contributed by atoms with Crippen LogP contribution in [0.3, 0.4) is 0 Å². The molecule has 1 atom stereocenters. The first-order valence-electron chi connectivity index (χ1n) is 6.38. The summed E-state index contributed by atoms with van der Waals surface area (Å²) in [7, 11) is -0.863. The Morgan fingerprint density at radius 2 is 2.18 bits per heavy atom. The molecular weight excluding hydrogens is 234 g/mol. The molecule has 0 aromatic carbocycles. The van der Waals surface area contributed by atoms with E-state index in [1.165, 1.54) is 32.1 Å². The number of nitrogens with two attached hydrogens (primary N) is 1. The Morgan fingerprint density at radius 3 is 2.88 bits per heavy atom. The molecule has 2 rings (SSSR count). The average Bonchev–Trinajstić information content (AvgIpc) is 2.79. The van der Waals surface area contributed by atoms with Crippen LogP contribution in [0.5, 0.6) is 0 Å². The molecule has 1 aliphatic rings. The van der Waals surface area contributed by atoms with E-state index < -0.39 is 10.8 Å². The van der Waals surface area contributed by atoms with Gasteiger partial charge in [-0.3, -0.25) is 8.89 Å². The second kappa shape index (κ2) is 6.31. The van der Waals surface area contributed by atoms with E-state index in [9.17, 15) is 4.21 Å². The second-order valence-electron chi connectivity index (χ2n) is 4.66. The highest BCUT2D eigenvalue weighted by Gasteiger charge is 2.16. The van der Waals surface area contributed by atoms with Crippen molar-refractivity contribution in [3.8, 4) is 0 Å². The Balaban J connectivity index is 1.93. The first kappa shape index (κ1) is 12.8. The van der Waals surface area contributed by atoms with E-state index in [0.29, 0.717) is 24.1 Å². The van der Waals surface area contributed by atoms with Gasteiger partial charge in [-0.1, -0.05) is 19.3 Å². The van der Waals surface area contributed by atoms with Crippen LogP contribution in [0.25, 0.3) is 0 Å². The fourth-order valence-corrected chi connectivity index (χ4v) is 3.26. The van der Waals surface area contributed by atoms with Crippen LogP contribution in [0.4, 0.5) is 0 Å². The number of rotatable bonds is 5. The molecule has 1 aromatic heterocycles. The zero-order valence-corrected chi connectivity index (χ0v) is 11.0. The van der Waals surface area contributed by atoms with Gasteiger partial charge in [0.15, 0.2) is 0 Å². The minimum Gasteiger partial charge on any atom is -0.330 e. The third kappa shape index (κ3) is 3.64. The van der Waals surface area contributed by atoms with Crippen LogP contribution in [0.2, 0.25) is 0 Å². The molecule has 5 heteroatoms. The van der Waals surface area contributed by atoms with Gasteiger partial charge in [-0.2, -0.15) is 5.10 Å². The van der Waals surface area contributed by atoms with Gasteiger partial charge in [0, 0.05) is 29.3 Å². The van der Waals surface area contributed by atoms with E-state index in [2.05, 4.69) is 9.78 Å². The van der Waals surface area contributed by atoms with E-state index in [-0.39, 0.29) is 0 Å². The molecule has 0 aliphatic heterocycles. The van der Waals surface area contributed by atoms with Crippen molar-refractivity contribution in [3.63, 3.8) is 0 Å². The molecule has 0 amide bonds. The average molecular weight is 255 g/mol. The highest BCUT2D eigenvalue weighted by atomic mass is 32.2. The summed E-state index contributed by atoms with van der Waals surface area (Å²) in [5.74, 6) is 1.10. The van der Waals surface area contributed by atoms with Crippen molar-refractivity contribution in [2.24, 2.45) is 5.73 Å². The van der Waals surface area contributed by atoms with Gasteiger partial charge in [0.2, 0.25) is 0 Å². The zero-order valence-electron chi connectivity index (χ0n) is 10.2. The number of hydrogen-bond donors (Lipinski definition) is 1. The maximum absolute atomic E-state index is 11.6. The Hall–Kier alpha value is -0.680. The summed E-state index contributed by atoms with van der Waals surface area (Å²) in [5.41, 5.74) is 6.32. The lowest BCUT2D eigenvalue weighted by Gasteiger charge is -2.21. The largest absolute Gasteiger partial charge is 0.330 e. The minimum absolute atomic E-state index is 0.482. The van der Waals surface area contributed by atoms with Crippen LogP contribution >= 0.6 is 0 Å². The van der Waals surface area contributed by atoms with Gasteiger partial charge in [0.25, 0.3) is 0 Å². The molecule has 1 saturated carbocycles. The number of nitrogens with zero attached hydrogens (tertiary/aromatic N) is 2. The minimum atomic E-state index is -0.863. The molecule has 1 aromatic rings. The van der Waals surface area contributed by atoms with E-state index in [1.54, 1.807) is 0 Å². The molecule has 0 radical (unpaired) electrons. The Morgan fingerprint density at radius 1 is 1.41 bits per heavy atom. The van der Waals surface area contributed by atoms with Crippen molar-refractivity contribution in [3.05, 3.63) is 18.0 Å². The van der Waals surface area contributed by atoms with Crippen molar-refractivity contribution < 1.29 is 4.21 Å². The van der Waals surface area contributed by atoms with E-state index in [1.807, 2.05) is 12.3 Å². The van der Waals surface area contributed by atoms with Gasteiger partial charge in [0.05, 0.1) is 17.5 Å². The van der Waals surface area contributed by atoms with Gasteiger partial charge in [-0.05, 0) is 18.9 Å². The second-order valence-corrected chi connectivity index (χ2v) is 6.23. The fourth-order valence-electron chi connectivity index (χ4n) is 2.37. The molecular formula is C12H21N3OS. The first-order valence-corrected chi connectivity index (χ1v) is 7.87. The molecule has 1 fully saturated rings. The summed E-state index contributed by atoms with van der Waals surface area (Å²) in [4.78, 5) is 0. The maximum atomic E-state index is 11.6. The molecule has 0 saturated heterocycles. The van der Waals surface area contributed by atoms with Crippen molar-refractivity contribution in [2.45, 2.75) is 43.9 Å². The number of aromatic nitrogens is 2. The molecule has 4 nitrogen and oxygen atoms in total. The van der Waals surface area contributed by atoms with Crippen molar-refractivity contribution in [2.75, 3.05) is 12.3 Å². The van der Waals surface area contributed by atoms with Crippen LogP contribution in [-0.2, 0) is 16.6 Å². The van der Waals surface area contributed by atoms with Crippen LogP contribution in [0, 0.1) is 0 Å².